The molecule has 1 aliphatic carbocycles. The SMILES string of the molecule is Cl.N[C@@H]1COC2(CC2)C1. The molecule has 0 bridgehead atoms. The van der Waals surface area contributed by atoms with E-state index in [0.717, 1.165) is 13.0 Å². The van der Waals surface area contributed by atoms with E-state index in [1.807, 2.05) is 0 Å². The highest BCUT2D eigenvalue weighted by molar-refractivity contribution is 5.85. The summed E-state index contributed by atoms with van der Waals surface area (Å²) in [4.78, 5) is 0. The van der Waals surface area contributed by atoms with E-state index in [0.29, 0.717) is 11.6 Å². The van der Waals surface area contributed by atoms with Gasteiger partial charge in [-0.25, -0.2) is 0 Å². The Hall–Kier alpha value is 0.210. The van der Waals surface area contributed by atoms with Crippen molar-refractivity contribution in [2.24, 2.45) is 5.73 Å². The van der Waals surface area contributed by atoms with E-state index >= 15 is 0 Å². The van der Waals surface area contributed by atoms with Crippen molar-refractivity contribution in [3.05, 3.63) is 0 Å². The summed E-state index contributed by atoms with van der Waals surface area (Å²) < 4.78 is 5.44. The molecule has 1 spiro atoms. The summed E-state index contributed by atoms with van der Waals surface area (Å²) >= 11 is 0. The Kier molecular flexibility index (Phi) is 1.72. The Morgan fingerprint density at radius 1 is 1.44 bits per heavy atom. The van der Waals surface area contributed by atoms with Crippen LogP contribution in [-0.2, 0) is 4.74 Å². The first-order chi connectivity index (χ1) is 3.81. The van der Waals surface area contributed by atoms with Crippen molar-refractivity contribution in [2.75, 3.05) is 6.61 Å². The third-order valence-corrected chi connectivity index (χ3v) is 2.05. The van der Waals surface area contributed by atoms with Crippen LogP contribution < -0.4 is 5.73 Å². The molecule has 1 heterocycles. The van der Waals surface area contributed by atoms with Crippen LogP contribution in [-0.4, -0.2) is 18.2 Å². The second kappa shape index (κ2) is 2.11. The van der Waals surface area contributed by atoms with Gasteiger partial charge in [-0.3, -0.25) is 0 Å². The quantitative estimate of drug-likeness (QED) is 0.550. The predicted octanol–water partition coefficient (Wildman–Crippen LogP) is 0.688. The average Bonchev–Trinajstić information content (AvgIpc) is 2.34. The molecule has 9 heavy (non-hydrogen) atoms. The summed E-state index contributed by atoms with van der Waals surface area (Å²) in [7, 11) is 0. The van der Waals surface area contributed by atoms with Crippen LogP contribution in [0.4, 0.5) is 0 Å². The maximum Gasteiger partial charge on any atom is 0.0701 e. The van der Waals surface area contributed by atoms with Crippen LogP contribution in [0.15, 0.2) is 0 Å². The van der Waals surface area contributed by atoms with Gasteiger partial charge in [0.2, 0.25) is 0 Å². The van der Waals surface area contributed by atoms with Crippen molar-refractivity contribution in [3.63, 3.8) is 0 Å². The maximum atomic E-state index is 5.63. The lowest BCUT2D eigenvalue weighted by Gasteiger charge is -2.00. The number of hydrogen-bond donors (Lipinski definition) is 1. The summed E-state index contributed by atoms with van der Waals surface area (Å²) in [5, 5.41) is 0. The van der Waals surface area contributed by atoms with Gasteiger partial charge in [0.15, 0.2) is 0 Å². The fourth-order valence-electron chi connectivity index (χ4n) is 1.37. The molecule has 1 saturated heterocycles. The van der Waals surface area contributed by atoms with Crippen molar-refractivity contribution in [1.82, 2.24) is 0 Å². The average molecular weight is 150 g/mol. The van der Waals surface area contributed by atoms with Crippen LogP contribution in [0.1, 0.15) is 19.3 Å². The zero-order valence-electron chi connectivity index (χ0n) is 5.30. The second-order valence-corrected chi connectivity index (χ2v) is 2.96. The van der Waals surface area contributed by atoms with Gasteiger partial charge in [-0.05, 0) is 19.3 Å². The molecule has 0 aromatic heterocycles. The van der Waals surface area contributed by atoms with E-state index in [-0.39, 0.29) is 12.4 Å². The monoisotopic (exact) mass is 149 g/mol. The lowest BCUT2D eigenvalue weighted by molar-refractivity contribution is 0.0897. The second-order valence-electron chi connectivity index (χ2n) is 2.96. The summed E-state index contributed by atoms with van der Waals surface area (Å²) in [5.74, 6) is 0. The molecular weight excluding hydrogens is 138 g/mol. The molecule has 1 saturated carbocycles. The Bertz CT molecular complexity index is 114. The van der Waals surface area contributed by atoms with Crippen molar-refractivity contribution in [1.29, 1.82) is 0 Å². The number of hydrogen-bond acceptors (Lipinski definition) is 2. The summed E-state index contributed by atoms with van der Waals surface area (Å²) in [6, 6.07) is 0.331. The van der Waals surface area contributed by atoms with Crippen LogP contribution in [0.3, 0.4) is 0 Å². The first-order valence-electron chi connectivity index (χ1n) is 3.20. The highest BCUT2D eigenvalue weighted by Gasteiger charge is 2.49. The third-order valence-electron chi connectivity index (χ3n) is 2.05. The van der Waals surface area contributed by atoms with Gasteiger partial charge in [-0.2, -0.15) is 0 Å². The van der Waals surface area contributed by atoms with Crippen LogP contribution in [0, 0.1) is 0 Å². The standard InChI is InChI=1S/C6H11NO.ClH/c7-5-3-6(1-2-6)8-4-5;/h5H,1-4,7H2;1H/t5-;/m0./s1. The molecule has 0 unspecified atom stereocenters. The molecule has 0 amide bonds. The van der Waals surface area contributed by atoms with Gasteiger partial charge in [0, 0.05) is 6.04 Å². The zero-order chi connectivity index (χ0) is 5.61. The summed E-state index contributed by atoms with van der Waals surface area (Å²) in [6.07, 6.45) is 3.61. The minimum atomic E-state index is 0. The molecule has 2 aliphatic rings. The van der Waals surface area contributed by atoms with Gasteiger partial charge in [0.1, 0.15) is 0 Å². The summed E-state index contributed by atoms with van der Waals surface area (Å²) in [6.45, 7) is 0.792. The van der Waals surface area contributed by atoms with Gasteiger partial charge >= 0.3 is 0 Å². The highest BCUT2D eigenvalue weighted by Crippen LogP contribution is 2.46. The Morgan fingerprint density at radius 2 is 2.11 bits per heavy atom. The largest absolute Gasteiger partial charge is 0.373 e. The van der Waals surface area contributed by atoms with Crippen molar-refractivity contribution >= 4 is 12.4 Å². The van der Waals surface area contributed by atoms with E-state index in [2.05, 4.69) is 0 Å². The molecule has 2 rings (SSSR count). The molecule has 2 fully saturated rings. The maximum absolute atomic E-state index is 5.63. The molecule has 2 nitrogen and oxygen atoms in total. The molecule has 2 N–H and O–H groups in total. The number of rotatable bonds is 0. The first kappa shape index (κ1) is 7.32. The number of halogens is 1. The lowest BCUT2D eigenvalue weighted by atomic mass is 10.2. The van der Waals surface area contributed by atoms with Crippen LogP contribution in [0.25, 0.3) is 0 Å². The highest BCUT2D eigenvalue weighted by atomic mass is 35.5. The van der Waals surface area contributed by atoms with E-state index in [1.54, 1.807) is 0 Å². The fraction of sp³-hybridized carbons (Fsp3) is 1.00. The zero-order valence-corrected chi connectivity index (χ0v) is 6.12. The molecule has 0 aromatic rings. The third kappa shape index (κ3) is 1.20. The van der Waals surface area contributed by atoms with Gasteiger partial charge < -0.3 is 10.5 Å². The molecule has 1 atom stereocenters. The van der Waals surface area contributed by atoms with Gasteiger partial charge in [0.25, 0.3) is 0 Å². The molecular formula is C6H12ClNO. The predicted molar refractivity (Wildman–Crippen MR) is 37.8 cm³/mol. The first-order valence-corrected chi connectivity index (χ1v) is 3.20. The minimum Gasteiger partial charge on any atom is -0.373 e. The molecule has 54 valence electrons. The minimum absolute atomic E-state index is 0. The Balaban J connectivity index is 0.000000405. The normalized spacial score (nSPS) is 36.3. The van der Waals surface area contributed by atoms with Crippen molar-refractivity contribution in [2.45, 2.75) is 30.9 Å². The Labute approximate surface area is 61.2 Å². The lowest BCUT2D eigenvalue weighted by Crippen LogP contribution is -2.19. The topological polar surface area (TPSA) is 35.2 Å². The molecule has 0 radical (unpaired) electrons. The van der Waals surface area contributed by atoms with E-state index < -0.39 is 0 Å². The van der Waals surface area contributed by atoms with Crippen molar-refractivity contribution < 1.29 is 4.74 Å². The van der Waals surface area contributed by atoms with E-state index in [1.165, 1.54) is 12.8 Å². The van der Waals surface area contributed by atoms with Gasteiger partial charge in [-0.15, -0.1) is 12.4 Å². The Morgan fingerprint density at radius 3 is 2.33 bits per heavy atom. The van der Waals surface area contributed by atoms with Gasteiger partial charge in [-0.1, -0.05) is 0 Å². The van der Waals surface area contributed by atoms with Crippen LogP contribution in [0.2, 0.25) is 0 Å². The molecule has 0 aromatic carbocycles. The van der Waals surface area contributed by atoms with Crippen LogP contribution >= 0.6 is 12.4 Å². The van der Waals surface area contributed by atoms with Crippen molar-refractivity contribution in [3.8, 4) is 0 Å². The van der Waals surface area contributed by atoms with E-state index in [9.17, 15) is 0 Å². The van der Waals surface area contributed by atoms with E-state index in [4.69, 9.17) is 10.5 Å². The van der Waals surface area contributed by atoms with Crippen LogP contribution in [0.5, 0.6) is 0 Å². The van der Waals surface area contributed by atoms with Gasteiger partial charge in [0.05, 0.1) is 12.2 Å². The molecule has 3 heteroatoms. The number of nitrogens with two attached hydrogens (primary N) is 1. The summed E-state index contributed by atoms with van der Waals surface area (Å²) in [5.41, 5.74) is 5.92. The smallest absolute Gasteiger partial charge is 0.0701 e. The number of ether oxygens (including phenoxy) is 1. The fourth-order valence-corrected chi connectivity index (χ4v) is 1.37. The molecule has 1 aliphatic heterocycles.